The molecule has 0 aliphatic rings. The number of carbonyl (C=O) groups is 2. The van der Waals surface area contributed by atoms with Crippen LogP contribution in [0.4, 0.5) is 0 Å². The number of nitrogens with zero attached hydrogens (tertiary/aromatic N) is 2. The van der Waals surface area contributed by atoms with Crippen LogP contribution >= 0.6 is 11.6 Å². The summed E-state index contributed by atoms with van der Waals surface area (Å²) in [5.74, 6) is -0.880. The summed E-state index contributed by atoms with van der Waals surface area (Å²) in [6, 6.07) is 15.9. The molecule has 0 saturated carbocycles. The SMILES string of the molecule is COC(=O)c1ccc(CN(Cc2cccnc2)C(=O)CNS(=O)(=O)c2ccc(Cl)cc2)cc1. The fourth-order valence-corrected chi connectivity index (χ4v) is 4.09. The molecule has 2 aromatic carbocycles. The van der Waals surface area contributed by atoms with E-state index in [0.29, 0.717) is 10.6 Å². The topological polar surface area (TPSA) is 106 Å². The summed E-state index contributed by atoms with van der Waals surface area (Å²) in [4.78, 5) is 30.2. The first-order valence-electron chi connectivity index (χ1n) is 9.87. The molecule has 0 atom stereocenters. The zero-order chi connectivity index (χ0) is 23.8. The number of carbonyl (C=O) groups excluding carboxylic acids is 2. The summed E-state index contributed by atoms with van der Waals surface area (Å²) in [6.45, 7) is 0.0113. The highest BCUT2D eigenvalue weighted by atomic mass is 35.5. The lowest BCUT2D eigenvalue weighted by atomic mass is 10.1. The lowest BCUT2D eigenvalue weighted by Gasteiger charge is -2.23. The van der Waals surface area contributed by atoms with Crippen molar-refractivity contribution in [3.8, 4) is 0 Å². The number of pyridine rings is 1. The number of sulfonamides is 1. The minimum absolute atomic E-state index is 0.0110. The first-order chi connectivity index (χ1) is 15.8. The molecule has 1 amide bonds. The second-order valence-electron chi connectivity index (χ2n) is 7.08. The summed E-state index contributed by atoms with van der Waals surface area (Å²) in [5.41, 5.74) is 1.94. The Labute approximate surface area is 197 Å². The molecule has 0 saturated heterocycles. The average Bonchev–Trinajstić information content (AvgIpc) is 2.83. The number of hydrogen-bond acceptors (Lipinski definition) is 6. The molecule has 0 aliphatic heterocycles. The first kappa shape index (κ1) is 24.4. The normalized spacial score (nSPS) is 11.1. The van der Waals surface area contributed by atoms with Crippen LogP contribution in [-0.2, 0) is 32.6 Å². The molecular formula is C23H22ClN3O5S. The quantitative estimate of drug-likeness (QED) is 0.465. The van der Waals surface area contributed by atoms with Gasteiger partial charge in [0, 0.05) is 30.5 Å². The Bertz CT molecular complexity index is 1200. The molecular weight excluding hydrogens is 466 g/mol. The summed E-state index contributed by atoms with van der Waals surface area (Å²) in [6.07, 6.45) is 3.26. The van der Waals surface area contributed by atoms with Crippen LogP contribution < -0.4 is 4.72 Å². The van der Waals surface area contributed by atoms with Gasteiger partial charge in [-0.3, -0.25) is 9.78 Å². The molecule has 0 unspecified atom stereocenters. The van der Waals surface area contributed by atoms with Crippen LogP contribution in [0.1, 0.15) is 21.5 Å². The lowest BCUT2D eigenvalue weighted by molar-refractivity contribution is -0.131. The predicted molar refractivity (Wildman–Crippen MR) is 123 cm³/mol. The zero-order valence-corrected chi connectivity index (χ0v) is 19.3. The van der Waals surface area contributed by atoms with Gasteiger partial charge in [0.2, 0.25) is 15.9 Å². The molecule has 1 aromatic heterocycles. The maximum absolute atomic E-state index is 13.0. The molecule has 3 rings (SSSR count). The van der Waals surface area contributed by atoms with Crippen molar-refractivity contribution >= 4 is 33.5 Å². The fraction of sp³-hybridized carbons (Fsp3) is 0.174. The van der Waals surface area contributed by atoms with E-state index in [2.05, 4.69) is 9.71 Å². The van der Waals surface area contributed by atoms with E-state index in [-0.39, 0.29) is 18.0 Å². The minimum Gasteiger partial charge on any atom is -0.465 e. The second kappa shape index (κ2) is 11.0. The van der Waals surface area contributed by atoms with Crippen molar-refractivity contribution in [2.75, 3.05) is 13.7 Å². The van der Waals surface area contributed by atoms with Crippen LogP contribution in [0.3, 0.4) is 0 Å². The Morgan fingerprint density at radius 3 is 2.27 bits per heavy atom. The molecule has 1 N–H and O–H groups in total. The zero-order valence-electron chi connectivity index (χ0n) is 17.8. The number of aromatic nitrogens is 1. The number of amides is 1. The average molecular weight is 488 g/mol. The van der Waals surface area contributed by atoms with E-state index in [1.807, 2.05) is 6.07 Å². The number of methoxy groups -OCH3 is 1. The summed E-state index contributed by atoms with van der Waals surface area (Å²) in [7, 11) is -2.59. The number of rotatable bonds is 9. The van der Waals surface area contributed by atoms with Crippen LogP contribution in [0.2, 0.25) is 5.02 Å². The molecule has 0 aliphatic carbocycles. The molecule has 0 radical (unpaired) electrons. The monoisotopic (exact) mass is 487 g/mol. The van der Waals surface area contributed by atoms with Crippen LogP contribution in [0, 0.1) is 0 Å². The lowest BCUT2D eigenvalue weighted by Crippen LogP contribution is -2.39. The van der Waals surface area contributed by atoms with Crippen LogP contribution in [-0.4, -0.2) is 43.8 Å². The van der Waals surface area contributed by atoms with Crippen LogP contribution in [0.25, 0.3) is 0 Å². The van der Waals surface area contributed by atoms with E-state index in [0.717, 1.165) is 11.1 Å². The van der Waals surface area contributed by atoms with Crippen molar-refractivity contribution in [1.82, 2.24) is 14.6 Å². The van der Waals surface area contributed by atoms with E-state index in [4.69, 9.17) is 16.3 Å². The van der Waals surface area contributed by atoms with Crippen molar-refractivity contribution < 1.29 is 22.7 Å². The van der Waals surface area contributed by atoms with Crippen LogP contribution in [0.15, 0.2) is 78.0 Å². The fourth-order valence-electron chi connectivity index (χ4n) is 2.99. The van der Waals surface area contributed by atoms with Gasteiger partial charge in [-0.25, -0.2) is 17.9 Å². The molecule has 3 aromatic rings. The second-order valence-corrected chi connectivity index (χ2v) is 9.28. The third-order valence-electron chi connectivity index (χ3n) is 4.73. The number of halogens is 1. The smallest absolute Gasteiger partial charge is 0.337 e. The summed E-state index contributed by atoms with van der Waals surface area (Å²) < 4.78 is 32.1. The van der Waals surface area contributed by atoms with Crippen molar-refractivity contribution in [2.24, 2.45) is 0 Å². The third kappa shape index (κ3) is 6.85. The van der Waals surface area contributed by atoms with Crippen molar-refractivity contribution in [3.05, 3.63) is 94.8 Å². The van der Waals surface area contributed by atoms with Crippen molar-refractivity contribution in [2.45, 2.75) is 18.0 Å². The molecule has 172 valence electrons. The molecule has 0 spiro atoms. The number of hydrogen-bond donors (Lipinski definition) is 1. The highest BCUT2D eigenvalue weighted by Crippen LogP contribution is 2.15. The van der Waals surface area contributed by atoms with Gasteiger partial charge in [0.25, 0.3) is 0 Å². The Morgan fingerprint density at radius 1 is 1.00 bits per heavy atom. The molecule has 1 heterocycles. The van der Waals surface area contributed by atoms with Gasteiger partial charge in [-0.1, -0.05) is 29.8 Å². The first-order valence-corrected chi connectivity index (χ1v) is 11.7. The highest BCUT2D eigenvalue weighted by Gasteiger charge is 2.20. The van der Waals surface area contributed by atoms with Gasteiger partial charge in [-0.05, 0) is 53.6 Å². The van der Waals surface area contributed by atoms with E-state index in [9.17, 15) is 18.0 Å². The van der Waals surface area contributed by atoms with E-state index >= 15 is 0 Å². The number of nitrogens with one attached hydrogen (secondary N) is 1. The minimum atomic E-state index is -3.89. The van der Waals surface area contributed by atoms with Crippen molar-refractivity contribution in [3.63, 3.8) is 0 Å². The predicted octanol–water partition coefficient (Wildman–Crippen LogP) is 3.03. The molecule has 8 nitrogen and oxygen atoms in total. The highest BCUT2D eigenvalue weighted by molar-refractivity contribution is 7.89. The van der Waals surface area contributed by atoms with E-state index < -0.39 is 28.4 Å². The summed E-state index contributed by atoms with van der Waals surface area (Å²) >= 11 is 5.81. The summed E-state index contributed by atoms with van der Waals surface area (Å²) in [5, 5.41) is 0.408. The van der Waals surface area contributed by atoms with Gasteiger partial charge in [-0.15, -0.1) is 0 Å². The molecule has 10 heteroatoms. The Kier molecular flexibility index (Phi) is 8.16. The molecule has 0 bridgehead atoms. The maximum atomic E-state index is 13.0. The Hall–Kier alpha value is -3.27. The largest absolute Gasteiger partial charge is 0.465 e. The van der Waals surface area contributed by atoms with Gasteiger partial charge in [0.05, 0.1) is 24.1 Å². The molecule has 33 heavy (non-hydrogen) atoms. The van der Waals surface area contributed by atoms with Crippen molar-refractivity contribution in [1.29, 1.82) is 0 Å². The molecule has 0 fully saturated rings. The van der Waals surface area contributed by atoms with Gasteiger partial charge >= 0.3 is 5.97 Å². The Balaban J connectivity index is 1.74. The van der Waals surface area contributed by atoms with Gasteiger partial charge in [0.1, 0.15) is 0 Å². The third-order valence-corrected chi connectivity index (χ3v) is 6.40. The van der Waals surface area contributed by atoms with E-state index in [1.54, 1.807) is 42.7 Å². The maximum Gasteiger partial charge on any atom is 0.337 e. The standard InChI is InChI=1S/C23H22ClN3O5S/c1-32-23(29)19-6-4-17(5-7-19)15-27(16-18-3-2-12-25-13-18)22(28)14-26-33(30,31)21-10-8-20(24)9-11-21/h2-13,26H,14-16H2,1H3. The number of benzene rings is 2. The van der Waals surface area contributed by atoms with E-state index in [1.165, 1.54) is 36.3 Å². The number of esters is 1. The van der Waals surface area contributed by atoms with Crippen LogP contribution in [0.5, 0.6) is 0 Å². The van der Waals surface area contributed by atoms with Gasteiger partial charge < -0.3 is 9.64 Å². The number of ether oxygens (including phenoxy) is 1. The van der Waals surface area contributed by atoms with Gasteiger partial charge in [0.15, 0.2) is 0 Å². The Morgan fingerprint density at radius 2 is 1.67 bits per heavy atom. The van der Waals surface area contributed by atoms with Gasteiger partial charge in [-0.2, -0.15) is 0 Å².